The minimum Gasteiger partial charge on any atom is -0.493 e. The van der Waals surface area contributed by atoms with Crippen molar-refractivity contribution in [2.24, 2.45) is 0 Å². The van der Waals surface area contributed by atoms with Crippen LogP contribution in [0, 0.1) is 11.6 Å². The molecule has 0 unspecified atom stereocenters. The third-order valence-electron chi connectivity index (χ3n) is 4.28. The van der Waals surface area contributed by atoms with Crippen LogP contribution in [0.4, 0.5) is 13.9 Å². The van der Waals surface area contributed by atoms with Crippen molar-refractivity contribution in [3.8, 4) is 27.6 Å². The number of hydrogen-bond acceptors (Lipinski definition) is 6. The number of amides is 1. The Labute approximate surface area is 185 Å². The first-order valence-electron chi connectivity index (χ1n) is 9.41. The molecule has 5 nitrogen and oxygen atoms in total. The van der Waals surface area contributed by atoms with Gasteiger partial charge in [0.25, 0.3) is 0 Å². The summed E-state index contributed by atoms with van der Waals surface area (Å²) in [5.74, 6) is -1.37. The van der Waals surface area contributed by atoms with Crippen LogP contribution in [-0.2, 0) is 11.2 Å². The van der Waals surface area contributed by atoms with Gasteiger partial charge in [0, 0.05) is 16.3 Å². The first-order chi connectivity index (χ1) is 15.0. The summed E-state index contributed by atoms with van der Waals surface area (Å²) >= 11 is 2.65. The van der Waals surface area contributed by atoms with E-state index in [4.69, 9.17) is 4.74 Å². The van der Waals surface area contributed by atoms with E-state index in [1.165, 1.54) is 28.7 Å². The van der Waals surface area contributed by atoms with Gasteiger partial charge in [-0.1, -0.05) is 12.1 Å². The lowest BCUT2D eigenvalue weighted by atomic mass is 10.2. The Bertz CT molecular complexity index is 1220. The van der Waals surface area contributed by atoms with Crippen LogP contribution in [0.3, 0.4) is 0 Å². The van der Waals surface area contributed by atoms with Crippen LogP contribution in [-0.4, -0.2) is 22.5 Å². The molecule has 2 aromatic heterocycles. The van der Waals surface area contributed by atoms with Gasteiger partial charge in [-0.15, -0.1) is 22.7 Å². The smallest absolute Gasteiger partial charge is 0.232 e. The molecular weight excluding hydrogens is 440 g/mol. The van der Waals surface area contributed by atoms with Gasteiger partial charge in [0.2, 0.25) is 5.91 Å². The van der Waals surface area contributed by atoms with Gasteiger partial charge in [-0.3, -0.25) is 4.79 Å². The van der Waals surface area contributed by atoms with Gasteiger partial charge in [0.15, 0.2) is 16.8 Å². The molecule has 1 N–H and O–H groups in total. The van der Waals surface area contributed by atoms with E-state index in [9.17, 15) is 13.6 Å². The second kappa shape index (κ2) is 9.32. The highest BCUT2D eigenvalue weighted by atomic mass is 32.1. The average Bonchev–Trinajstić information content (AvgIpc) is 3.40. The summed E-state index contributed by atoms with van der Waals surface area (Å²) in [5, 5.41) is 7.40. The molecule has 31 heavy (non-hydrogen) atoms. The molecular formula is C22H17F2N3O2S2. The van der Waals surface area contributed by atoms with Crippen molar-refractivity contribution in [3.05, 3.63) is 70.6 Å². The highest BCUT2D eigenvalue weighted by molar-refractivity contribution is 7.14. The molecule has 2 heterocycles. The van der Waals surface area contributed by atoms with E-state index in [-0.39, 0.29) is 12.3 Å². The Balaban J connectivity index is 1.42. The van der Waals surface area contributed by atoms with Crippen LogP contribution in [0.1, 0.15) is 12.6 Å². The maximum absolute atomic E-state index is 13.4. The van der Waals surface area contributed by atoms with E-state index < -0.39 is 11.6 Å². The molecule has 0 saturated heterocycles. The first-order valence-corrected chi connectivity index (χ1v) is 11.2. The summed E-state index contributed by atoms with van der Waals surface area (Å²) in [4.78, 5) is 21.3. The van der Waals surface area contributed by atoms with Gasteiger partial charge in [0.1, 0.15) is 10.8 Å². The number of nitrogens with one attached hydrogen (secondary N) is 1. The molecule has 9 heteroatoms. The van der Waals surface area contributed by atoms with E-state index in [1.54, 1.807) is 5.38 Å². The van der Waals surface area contributed by atoms with Gasteiger partial charge in [-0.2, -0.15) is 0 Å². The largest absolute Gasteiger partial charge is 0.493 e. The lowest BCUT2D eigenvalue weighted by molar-refractivity contribution is -0.115. The minimum atomic E-state index is -0.943. The molecule has 4 rings (SSSR count). The van der Waals surface area contributed by atoms with Crippen molar-refractivity contribution in [2.75, 3.05) is 11.9 Å². The van der Waals surface area contributed by atoms with E-state index in [2.05, 4.69) is 15.3 Å². The summed E-state index contributed by atoms with van der Waals surface area (Å²) in [6.45, 7) is 2.48. The van der Waals surface area contributed by atoms with E-state index in [0.29, 0.717) is 28.7 Å². The Kier molecular flexibility index (Phi) is 6.34. The molecule has 0 radical (unpaired) electrons. The monoisotopic (exact) mass is 457 g/mol. The summed E-state index contributed by atoms with van der Waals surface area (Å²) in [6, 6.07) is 11.2. The van der Waals surface area contributed by atoms with Crippen molar-refractivity contribution in [1.29, 1.82) is 0 Å². The van der Waals surface area contributed by atoms with Crippen molar-refractivity contribution >= 4 is 33.7 Å². The summed E-state index contributed by atoms with van der Waals surface area (Å²) in [6.07, 6.45) is 0.0907. The van der Waals surface area contributed by atoms with Crippen molar-refractivity contribution < 1.29 is 18.3 Å². The predicted octanol–water partition coefficient (Wildman–Crippen LogP) is 5.79. The van der Waals surface area contributed by atoms with Crippen LogP contribution in [0.25, 0.3) is 21.8 Å². The van der Waals surface area contributed by atoms with Crippen molar-refractivity contribution in [1.82, 2.24) is 9.97 Å². The molecule has 2 aromatic carbocycles. The summed E-state index contributed by atoms with van der Waals surface area (Å²) < 4.78 is 32.2. The Morgan fingerprint density at radius 2 is 1.90 bits per heavy atom. The normalized spacial score (nSPS) is 10.8. The maximum Gasteiger partial charge on any atom is 0.232 e. The highest BCUT2D eigenvalue weighted by Crippen LogP contribution is 2.32. The van der Waals surface area contributed by atoms with Gasteiger partial charge in [-0.25, -0.2) is 18.7 Å². The standard InChI is InChI=1S/C22H17F2N3O2S2/c1-2-29-19-6-4-3-5-15(19)21-25-14(11-30-21)10-20(28)27-22-26-18(12-31-22)13-7-8-16(23)17(24)9-13/h3-9,11-12H,2,10H2,1H3,(H,26,27,28). The Hall–Kier alpha value is -3.17. The number of anilines is 1. The lowest BCUT2D eigenvalue weighted by Crippen LogP contribution is -2.14. The van der Waals surface area contributed by atoms with E-state index in [0.717, 1.165) is 28.5 Å². The molecule has 0 fully saturated rings. The topological polar surface area (TPSA) is 64.1 Å². The number of carbonyl (C=O) groups is 1. The quantitative estimate of drug-likeness (QED) is 0.381. The van der Waals surface area contributed by atoms with Crippen LogP contribution in [0.15, 0.2) is 53.2 Å². The zero-order chi connectivity index (χ0) is 21.8. The third-order valence-corrected chi connectivity index (χ3v) is 5.96. The van der Waals surface area contributed by atoms with Gasteiger partial charge < -0.3 is 10.1 Å². The molecule has 0 aliphatic heterocycles. The summed E-state index contributed by atoms with van der Waals surface area (Å²) in [5.41, 5.74) is 2.42. The first kappa shape index (κ1) is 21.1. The molecule has 0 aliphatic carbocycles. The molecule has 0 bridgehead atoms. The van der Waals surface area contributed by atoms with E-state index >= 15 is 0 Å². The number of halogens is 2. The number of nitrogens with zero attached hydrogens (tertiary/aromatic N) is 2. The number of aromatic nitrogens is 2. The third kappa shape index (κ3) is 4.95. The fourth-order valence-electron chi connectivity index (χ4n) is 2.88. The second-order valence-corrected chi connectivity index (χ2v) is 8.18. The SMILES string of the molecule is CCOc1ccccc1-c1nc(CC(=O)Nc2nc(-c3ccc(F)c(F)c3)cs2)cs1. The second-order valence-electron chi connectivity index (χ2n) is 6.46. The molecule has 0 atom stereocenters. The number of carbonyl (C=O) groups excluding carboxylic acids is 1. The lowest BCUT2D eigenvalue weighted by Gasteiger charge is -2.07. The summed E-state index contributed by atoms with van der Waals surface area (Å²) in [7, 11) is 0. The van der Waals surface area contributed by atoms with E-state index in [1.807, 2.05) is 36.6 Å². The van der Waals surface area contributed by atoms with Crippen LogP contribution in [0.5, 0.6) is 5.75 Å². The van der Waals surface area contributed by atoms with Crippen molar-refractivity contribution in [2.45, 2.75) is 13.3 Å². The number of rotatable bonds is 7. The molecule has 158 valence electrons. The Morgan fingerprint density at radius 1 is 1.06 bits per heavy atom. The fourth-order valence-corrected chi connectivity index (χ4v) is 4.47. The van der Waals surface area contributed by atoms with Crippen LogP contribution >= 0.6 is 22.7 Å². The van der Waals surface area contributed by atoms with Gasteiger partial charge >= 0.3 is 0 Å². The molecule has 4 aromatic rings. The van der Waals surface area contributed by atoms with Crippen LogP contribution < -0.4 is 10.1 Å². The number of ether oxygens (including phenoxy) is 1. The molecule has 0 saturated carbocycles. The number of para-hydroxylation sites is 1. The van der Waals surface area contributed by atoms with Gasteiger partial charge in [-0.05, 0) is 37.3 Å². The minimum absolute atomic E-state index is 0.0907. The molecule has 0 spiro atoms. The number of hydrogen-bond donors (Lipinski definition) is 1. The average molecular weight is 458 g/mol. The predicted molar refractivity (Wildman–Crippen MR) is 119 cm³/mol. The number of thiazole rings is 2. The maximum atomic E-state index is 13.4. The highest BCUT2D eigenvalue weighted by Gasteiger charge is 2.14. The Morgan fingerprint density at radius 3 is 2.71 bits per heavy atom. The molecule has 0 aliphatic rings. The van der Waals surface area contributed by atoms with Crippen molar-refractivity contribution in [3.63, 3.8) is 0 Å². The number of benzene rings is 2. The van der Waals surface area contributed by atoms with Crippen LogP contribution in [0.2, 0.25) is 0 Å². The fraction of sp³-hybridized carbons (Fsp3) is 0.136. The zero-order valence-corrected chi connectivity index (χ0v) is 18.0. The molecule has 1 amide bonds. The zero-order valence-electron chi connectivity index (χ0n) is 16.4. The van der Waals surface area contributed by atoms with Gasteiger partial charge in [0.05, 0.1) is 30.0 Å².